The fourth-order valence-corrected chi connectivity index (χ4v) is 13.2. The lowest BCUT2D eigenvalue weighted by molar-refractivity contribution is 0.668. The van der Waals surface area contributed by atoms with Crippen molar-refractivity contribution >= 4 is 92.6 Å². The van der Waals surface area contributed by atoms with Gasteiger partial charge in [-0.25, -0.2) is 9.98 Å². The SMILES string of the molecule is C=C(N=C(N=C(C)c1cccc2oc3ccc(-c4cccc5c4-c4ccccc4C54c5ccccc5-c5ccccc54)cc3c12)c1ccc2sc3ccccc3c2c1)c1cccc2oc3ccccc3c12. The van der Waals surface area contributed by atoms with Crippen LogP contribution in [-0.4, -0.2) is 11.5 Å². The zero-order valence-electron chi connectivity index (χ0n) is 38.5. The van der Waals surface area contributed by atoms with Gasteiger partial charge in [-0.2, -0.15) is 0 Å². The van der Waals surface area contributed by atoms with Gasteiger partial charge in [0.15, 0.2) is 5.84 Å². The lowest BCUT2D eigenvalue weighted by atomic mass is 9.70. The Balaban J connectivity index is 0.908. The third-order valence-electron chi connectivity index (χ3n) is 15.1. The van der Waals surface area contributed by atoms with Crippen molar-refractivity contribution in [1.29, 1.82) is 0 Å². The van der Waals surface area contributed by atoms with Crippen LogP contribution >= 0.6 is 11.3 Å². The number of rotatable bonds is 5. The topological polar surface area (TPSA) is 51.0 Å². The fraction of sp³-hybridized carbons (Fsp3) is 0.0303. The molecule has 0 amide bonds. The van der Waals surface area contributed by atoms with Crippen molar-refractivity contribution in [3.63, 3.8) is 0 Å². The summed E-state index contributed by atoms with van der Waals surface area (Å²) >= 11 is 1.80. The summed E-state index contributed by atoms with van der Waals surface area (Å²) < 4.78 is 15.5. The van der Waals surface area contributed by atoms with Crippen molar-refractivity contribution in [2.75, 3.05) is 0 Å². The number of furan rings is 2. The summed E-state index contributed by atoms with van der Waals surface area (Å²) in [6, 6.07) is 76.1. The lowest BCUT2D eigenvalue weighted by Gasteiger charge is -2.30. The third-order valence-corrected chi connectivity index (χ3v) is 16.2. The first-order chi connectivity index (χ1) is 35.0. The van der Waals surface area contributed by atoms with Crippen molar-refractivity contribution in [2.45, 2.75) is 12.3 Å². The highest BCUT2D eigenvalue weighted by atomic mass is 32.1. The summed E-state index contributed by atoms with van der Waals surface area (Å²) in [6.07, 6.45) is 0. The standard InChI is InChI=1S/C66H40N2O2S/c1-38(42-21-14-29-58-63(42)49-20-6-11-28-56(49)69-58)67-65(41-33-35-61-50(37-41)47-18-7-12-31-60(47)71-61)68-39(2)43-22-15-30-59-64(43)51-36-40(32-34-57(51)70-59)44-23-13-27-55-62(44)48-19-5-10-26-54(48)66(55)52-24-8-3-16-45(52)46-17-4-9-25-53(46)66/h3-37H,1H2,2H3. The number of nitrogens with zero attached hydrogens (tertiary/aromatic N) is 2. The van der Waals surface area contributed by atoms with Crippen molar-refractivity contribution in [3.8, 4) is 33.4 Å². The Hall–Kier alpha value is -8.90. The first-order valence-corrected chi connectivity index (χ1v) is 24.9. The number of para-hydroxylation sites is 1. The van der Waals surface area contributed by atoms with Gasteiger partial charge in [0.25, 0.3) is 0 Å². The van der Waals surface area contributed by atoms with E-state index in [1.54, 1.807) is 11.3 Å². The van der Waals surface area contributed by atoms with Gasteiger partial charge in [0.05, 0.1) is 11.1 Å². The van der Waals surface area contributed by atoms with E-state index in [2.05, 4.69) is 195 Å². The highest BCUT2D eigenvalue weighted by Gasteiger charge is 2.52. The van der Waals surface area contributed by atoms with Gasteiger partial charge in [-0.1, -0.05) is 164 Å². The second-order valence-electron chi connectivity index (χ2n) is 18.8. The van der Waals surface area contributed by atoms with Crippen molar-refractivity contribution in [2.24, 2.45) is 9.98 Å². The second-order valence-corrected chi connectivity index (χ2v) is 19.9. The molecule has 0 radical (unpaired) electrons. The summed E-state index contributed by atoms with van der Waals surface area (Å²) in [5.74, 6) is 0.572. The van der Waals surface area contributed by atoms with E-state index in [0.717, 1.165) is 71.8 Å². The largest absolute Gasteiger partial charge is 0.456 e. The summed E-state index contributed by atoms with van der Waals surface area (Å²) in [4.78, 5) is 10.9. The van der Waals surface area contributed by atoms with Crippen molar-refractivity contribution < 1.29 is 8.83 Å². The number of fused-ring (bicyclic) bond motifs is 19. The number of hydrogen-bond donors (Lipinski definition) is 0. The zero-order chi connectivity index (χ0) is 47.0. The van der Waals surface area contributed by atoms with Gasteiger partial charge in [-0.15, -0.1) is 11.3 Å². The van der Waals surface area contributed by atoms with E-state index in [9.17, 15) is 0 Å². The Bertz CT molecular complexity index is 4470. The first-order valence-electron chi connectivity index (χ1n) is 24.1. The van der Waals surface area contributed by atoms with Crippen LogP contribution in [0, 0.1) is 0 Å². The van der Waals surface area contributed by atoms with Crippen LogP contribution in [0.25, 0.3) is 103 Å². The van der Waals surface area contributed by atoms with Gasteiger partial charge >= 0.3 is 0 Å². The molecule has 0 saturated heterocycles. The van der Waals surface area contributed by atoms with Crippen LogP contribution in [0.5, 0.6) is 0 Å². The molecule has 0 fully saturated rings. The molecule has 15 rings (SSSR count). The van der Waals surface area contributed by atoms with Gasteiger partial charge in [0, 0.05) is 64.1 Å². The molecule has 5 heteroatoms. The minimum absolute atomic E-state index is 0.424. The molecule has 0 N–H and O–H groups in total. The van der Waals surface area contributed by atoms with E-state index in [0.29, 0.717) is 11.5 Å². The smallest absolute Gasteiger partial charge is 0.160 e. The molecule has 1 spiro atoms. The number of aliphatic imine (C=N–C) groups is 2. The normalized spacial score (nSPS) is 13.8. The van der Waals surface area contributed by atoms with E-state index in [1.165, 1.54) is 70.2 Å². The fourth-order valence-electron chi connectivity index (χ4n) is 12.1. The molecule has 0 atom stereocenters. The second kappa shape index (κ2) is 15.0. The predicted octanol–water partition coefficient (Wildman–Crippen LogP) is 17.8. The first kappa shape index (κ1) is 40.0. The van der Waals surface area contributed by atoms with Crippen LogP contribution < -0.4 is 0 Å². The van der Waals surface area contributed by atoms with Crippen molar-refractivity contribution in [1.82, 2.24) is 0 Å². The molecule has 13 aromatic rings. The highest BCUT2D eigenvalue weighted by Crippen LogP contribution is 2.64. The quantitative estimate of drug-likeness (QED) is 0.128. The molecule has 0 bridgehead atoms. The summed E-state index contributed by atoms with van der Waals surface area (Å²) in [7, 11) is 0. The number of amidine groups is 1. The molecule has 3 heterocycles. The molecule has 71 heavy (non-hydrogen) atoms. The van der Waals surface area contributed by atoms with Gasteiger partial charge in [0.1, 0.15) is 22.3 Å². The maximum atomic E-state index is 6.69. The Morgan fingerprint density at radius 3 is 1.77 bits per heavy atom. The van der Waals surface area contributed by atoms with Crippen molar-refractivity contribution in [3.05, 3.63) is 258 Å². The molecule has 0 saturated carbocycles. The highest BCUT2D eigenvalue weighted by molar-refractivity contribution is 7.25. The molecular weight excluding hydrogens is 885 g/mol. The van der Waals surface area contributed by atoms with Crippen LogP contribution in [0.3, 0.4) is 0 Å². The molecule has 10 aromatic carbocycles. The van der Waals surface area contributed by atoms with E-state index in [1.807, 2.05) is 30.3 Å². The van der Waals surface area contributed by atoms with Gasteiger partial charge in [-0.3, -0.25) is 0 Å². The summed E-state index contributed by atoms with van der Waals surface area (Å²) in [6.45, 7) is 6.68. The monoisotopic (exact) mass is 924 g/mol. The van der Waals surface area contributed by atoms with Crippen LogP contribution in [0.15, 0.2) is 238 Å². The number of thiophene rings is 1. The molecule has 2 aliphatic carbocycles. The zero-order valence-corrected chi connectivity index (χ0v) is 39.4. The predicted molar refractivity (Wildman–Crippen MR) is 296 cm³/mol. The van der Waals surface area contributed by atoms with E-state index in [4.69, 9.17) is 18.8 Å². The molecule has 0 unspecified atom stereocenters. The number of hydrogen-bond acceptors (Lipinski definition) is 4. The lowest BCUT2D eigenvalue weighted by Crippen LogP contribution is -2.25. The Morgan fingerprint density at radius 1 is 0.437 bits per heavy atom. The maximum Gasteiger partial charge on any atom is 0.160 e. The molecule has 2 aliphatic rings. The Kier molecular flexibility index (Phi) is 8.48. The minimum atomic E-state index is -0.424. The van der Waals surface area contributed by atoms with Gasteiger partial charge in [0.2, 0.25) is 0 Å². The van der Waals surface area contributed by atoms with E-state index >= 15 is 0 Å². The average Bonchev–Trinajstić information content (AvgIpc) is 4.24. The van der Waals surface area contributed by atoms with E-state index < -0.39 is 5.41 Å². The Labute approximate surface area is 412 Å². The summed E-state index contributed by atoms with van der Waals surface area (Å²) in [5, 5.41) is 6.45. The van der Waals surface area contributed by atoms with Crippen LogP contribution in [0.1, 0.15) is 45.9 Å². The summed E-state index contributed by atoms with van der Waals surface area (Å²) in [5.41, 5.74) is 19.8. The van der Waals surface area contributed by atoms with Gasteiger partial charge in [-0.05, 0) is 117 Å². The maximum absolute atomic E-state index is 6.69. The van der Waals surface area contributed by atoms with Crippen LogP contribution in [-0.2, 0) is 5.41 Å². The van der Waals surface area contributed by atoms with Crippen LogP contribution in [0.2, 0.25) is 0 Å². The third kappa shape index (κ3) is 5.66. The Morgan fingerprint density at radius 2 is 1.00 bits per heavy atom. The van der Waals surface area contributed by atoms with Gasteiger partial charge < -0.3 is 8.83 Å². The minimum Gasteiger partial charge on any atom is -0.456 e. The van der Waals surface area contributed by atoms with E-state index in [-0.39, 0.29) is 0 Å². The van der Waals surface area contributed by atoms with Crippen LogP contribution in [0.4, 0.5) is 0 Å². The average molecular weight is 925 g/mol. The molecule has 332 valence electrons. The molecular formula is C66H40N2O2S. The molecule has 3 aromatic heterocycles. The molecule has 4 nitrogen and oxygen atoms in total. The number of benzene rings is 10. The molecule has 0 aliphatic heterocycles.